The average Bonchev–Trinajstić information content (AvgIpc) is 2.83. The molecular weight excluding hydrogens is 500 g/mol. The molecule has 3 aromatic rings. The van der Waals surface area contributed by atoms with Crippen LogP contribution in [0.1, 0.15) is 36.0 Å². The largest absolute Gasteiger partial charge is 0.493 e. The van der Waals surface area contributed by atoms with Gasteiger partial charge in [-0.05, 0) is 67.6 Å². The van der Waals surface area contributed by atoms with Gasteiger partial charge < -0.3 is 19.7 Å². The Morgan fingerprint density at radius 3 is 2.42 bits per heavy atom. The van der Waals surface area contributed by atoms with Gasteiger partial charge in [0.15, 0.2) is 11.5 Å². The van der Waals surface area contributed by atoms with Crippen LogP contribution in [0.25, 0.3) is 0 Å². The van der Waals surface area contributed by atoms with Gasteiger partial charge in [-0.2, -0.15) is 0 Å². The summed E-state index contributed by atoms with van der Waals surface area (Å²) in [6.07, 6.45) is 3.77. The summed E-state index contributed by atoms with van der Waals surface area (Å²) in [5.41, 5.74) is 5.55. The monoisotopic (exact) mass is 528 g/mol. The Balaban J connectivity index is 1.41. The minimum absolute atomic E-state index is 0.489. The fraction of sp³-hybridized carbons (Fsp3) is 0.333. The Bertz CT molecular complexity index is 1080. The Kier molecular flexibility index (Phi) is 8.05. The summed E-state index contributed by atoms with van der Waals surface area (Å²) in [6.45, 7) is 5.36. The molecule has 0 saturated carbocycles. The summed E-state index contributed by atoms with van der Waals surface area (Å²) in [5, 5.41) is 4.27. The lowest BCUT2D eigenvalue weighted by molar-refractivity contribution is 0.284. The molecule has 0 spiro atoms. The van der Waals surface area contributed by atoms with Crippen LogP contribution in [0, 0.1) is 6.92 Å². The van der Waals surface area contributed by atoms with Crippen molar-refractivity contribution in [2.45, 2.75) is 39.3 Å². The van der Waals surface area contributed by atoms with Crippen molar-refractivity contribution in [2.24, 2.45) is 0 Å². The van der Waals surface area contributed by atoms with Gasteiger partial charge in [-0.3, -0.25) is 0 Å². The first kappa shape index (κ1) is 23.8. The minimum atomic E-state index is 0.489. The molecule has 3 aromatic carbocycles. The number of ether oxygens (including phenoxy) is 2. The van der Waals surface area contributed by atoms with E-state index in [-0.39, 0.29) is 0 Å². The molecule has 0 amide bonds. The molecule has 1 N–H and O–H groups in total. The van der Waals surface area contributed by atoms with Crippen LogP contribution in [0.5, 0.6) is 11.5 Å². The highest BCUT2D eigenvalue weighted by molar-refractivity contribution is 9.10. The second kappa shape index (κ2) is 11.2. The zero-order valence-electron chi connectivity index (χ0n) is 19.2. The molecule has 0 unspecified atom stereocenters. The van der Waals surface area contributed by atoms with E-state index in [2.05, 4.69) is 69.5 Å². The van der Waals surface area contributed by atoms with Crippen molar-refractivity contribution in [3.8, 4) is 11.5 Å². The molecule has 0 atom stereocenters. The highest BCUT2D eigenvalue weighted by atomic mass is 79.9. The van der Waals surface area contributed by atoms with E-state index in [1.807, 2.05) is 18.2 Å². The lowest BCUT2D eigenvalue weighted by atomic mass is 10.1. The molecule has 0 radical (unpaired) electrons. The summed E-state index contributed by atoms with van der Waals surface area (Å²) in [6, 6.07) is 18.5. The fourth-order valence-electron chi connectivity index (χ4n) is 4.04. The van der Waals surface area contributed by atoms with E-state index in [9.17, 15) is 0 Å². The fourth-order valence-corrected chi connectivity index (χ4v) is 4.80. The molecule has 1 aliphatic rings. The maximum Gasteiger partial charge on any atom is 0.162 e. The predicted molar refractivity (Wildman–Crippen MR) is 141 cm³/mol. The van der Waals surface area contributed by atoms with Crippen molar-refractivity contribution < 1.29 is 9.47 Å². The third-order valence-corrected chi connectivity index (χ3v) is 7.02. The van der Waals surface area contributed by atoms with E-state index < -0.39 is 0 Å². The summed E-state index contributed by atoms with van der Waals surface area (Å²) in [5.74, 6) is 1.42. The van der Waals surface area contributed by atoms with E-state index in [1.165, 1.54) is 24.8 Å². The molecule has 6 heteroatoms. The topological polar surface area (TPSA) is 33.7 Å². The number of nitrogens with one attached hydrogen (secondary N) is 1. The highest BCUT2D eigenvalue weighted by Crippen LogP contribution is 2.35. The number of hydrogen-bond donors (Lipinski definition) is 1. The Labute approximate surface area is 210 Å². The predicted octanol–water partition coefficient (Wildman–Crippen LogP) is 7.60. The molecule has 4 nitrogen and oxygen atoms in total. The SMILES string of the molecule is COc1cc(CNc2ccc(N3CCCCC3)c(Cl)c2)c(Br)cc1OCc1ccc(C)cc1. The lowest BCUT2D eigenvalue weighted by Crippen LogP contribution is -2.29. The number of rotatable bonds is 8. The van der Waals surface area contributed by atoms with E-state index >= 15 is 0 Å². The van der Waals surface area contributed by atoms with Crippen molar-refractivity contribution in [3.63, 3.8) is 0 Å². The number of piperidine rings is 1. The van der Waals surface area contributed by atoms with Crippen LogP contribution in [-0.2, 0) is 13.2 Å². The maximum atomic E-state index is 6.61. The summed E-state index contributed by atoms with van der Waals surface area (Å²) < 4.78 is 12.6. The number of nitrogens with zero attached hydrogens (tertiary/aromatic N) is 1. The van der Waals surface area contributed by atoms with E-state index in [0.29, 0.717) is 24.7 Å². The van der Waals surface area contributed by atoms with E-state index in [4.69, 9.17) is 21.1 Å². The highest BCUT2D eigenvalue weighted by Gasteiger charge is 2.15. The first-order valence-electron chi connectivity index (χ1n) is 11.4. The zero-order valence-corrected chi connectivity index (χ0v) is 21.5. The zero-order chi connectivity index (χ0) is 23.2. The molecule has 174 valence electrons. The molecule has 0 aliphatic carbocycles. The average molecular weight is 530 g/mol. The van der Waals surface area contributed by atoms with Crippen molar-refractivity contribution in [1.82, 2.24) is 0 Å². The van der Waals surface area contributed by atoms with E-state index in [1.54, 1.807) is 7.11 Å². The standard InChI is InChI=1S/C27H30BrClN2O2/c1-19-6-8-20(9-7-19)18-33-27-16-23(28)21(14-26(27)32-2)17-30-22-10-11-25(24(29)15-22)31-12-4-3-5-13-31/h6-11,14-16,30H,3-5,12-13,17-18H2,1-2H3. The van der Waals surface area contributed by atoms with Crippen molar-refractivity contribution in [2.75, 3.05) is 30.4 Å². The maximum absolute atomic E-state index is 6.61. The van der Waals surface area contributed by atoms with Gasteiger partial charge in [0.25, 0.3) is 0 Å². The van der Waals surface area contributed by atoms with Crippen molar-refractivity contribution in [1.29, 1.82) is 0 Å². The normalized spacial score (nSPS) is 13.6. The number of benzene rings is 3. The molecule has 33 heavy (non-hydrogen) atoms. The smallest absolute Gasteiger partial charge is 0.162 e. The second-order valence-electron chi connectivity index (χ2n) is 8.44. The lowest BCUT2D eigenvalue weighted by Gasteiger charge is -2.29. The molecular formula is C27H30BrClN2O2. The first-order chi connectivity index (χ1) is 16.0. The molecule has 1 heterocycles. The number of anilines is 2. The van der Waals surface area contributed by atoms with Crippen LogP contribution < -0.4 is 19.7 Å². The van der Waals surface area contributed by atoms with Gasteiger partial charge in [0.05, 0.1) is 17.8 Å². The van der Waals surface area contributed by atoms with Gasteiger partial charge in [0, 0.05) is 29.8 Å². The quantitative estimate of drug-likeness (QED) is 0.326. The van der Waals surface area contributed by atoms with Crippen LogP contribution in [0.2, 0.25) is 5.02 Å². The first-order valence-corrected chi connectivity index (χ1v) is 12.5. The Hall–Kier alpha value is -2.37. The van der Waals surface area contributed by atoms with Crippen LogP contribution in [0.4, 0.5) is 11.4 Å². The Morgan fingerprint density at radius 2 is 1.73 bits per heavy atom. The van der Waals surface area contributed by atoms with Crippen molar-refractivity contribution in [3.05, 3.63) is 80.8 Å². The summed E-state index contributed by atoms with van der Waals surface area (Å²) in [4.78, 5) is 2.38. The molecule has 1 aliphatic heterocycles. The second-order valence-corrected chi connectivity index (χ2v) is 9.70. The third kappa shape index (κ3) is 6.15. The number of hydrogen-bond acceptors (Lipinski definition) is 4. The number of methoxy groups -OCH3 is 1. The summed E-state index contributed by atoms with van der Waals surface area (Å²) in [7, 11) is 1.66. The number of aryl methyl sites for hydroxylation is 1. The minimum Gasteiger partial charge on any atom is -0.493 e. The van der Waals surface area contributed by atoms with Gasteiger partial charge in [-0.15, -0.1) is 0 Å². The molecule has 0 bridgehead atoms. The Morgan fingerprint density at radius 1 is 0.970 bits per heavy atom. The van der Waals surface area contributed by atoms with Gasteiger partial charge in [-0.25, -0.2) is 0 Å². The van der Waals surface area contributed by atoms with Crippen molar-refractivity contribution >= 4 is 38.9 Å². The van der Waals surface area contributed by atoms with Crippen LogP contribution >= 0.6 is 27.5 Å². The van der Waals surface area contributed by atoms with Crippen LogP contribution in [0.3, 0.4) is 0 Å². The van der Waals surface area contributed by atoms with Gasteiger partial charge in [0.2, 0.25) is 0 Å². The third-order valence-electron chi connectivity index (χ3n) is 5.98. The van der Waals surface area contributed by atoms with Crippen LogP contribution in [0.15, 0.2) is 59.1 Å². The van der Waals surface area contributed by atoms with Gasteiger partial charge >= 0.3 is 0 Å². The van der Waals surface area contributed by atoms with Gasteiger partial charge in [0.1, 0.15) is 6.61 Å². The summed E-state index contributed by atoms with van der Waals surface area (Å²) >= 11 is 10.3. The molecule has 1 saturated heterocycles. The van der Waals surface area contributed by atoms with E-state index in [0.717, 1.165) is 45.1 Å². The number of halogens is 2. The van der Waals surface area contributed by atoms with Crippen LogP contribution in [-0.4, -0.2) is 20.2 Å². The molecule has 4 rings (SSSR count). The van der Waals surface area contributed by atoms with Gasteiger partial charge in [-0.1, -0.05) is 57.4 Å². The molecule has 1 fully saturated rings. The molecule has 0 aromatic heterocycles.